The Balaban J connectivity index is 2.20. The molecular weight excluding hydrogens is 349 g/mol. The van der Waals surface area contributed by atoms with Crippen molar-refractivity contribution in [1.29, 1.82) is 0 Å². The van der Waals surface area contributed by atoms with E-state index < -0.39 is 17.6 Å². The highest BCUT2D eigenvalue weighted by Gasteiger charge is 2.30. The summed E-state index contributed by atoms with van der Waals surface area (Å²) in [5.41, 5.74) is 5.05. The summed E-state index contributed by atoms with van der Waals surface area (Å²) < 4.78 is 38.4. The summed E-state index contributed by atoms with van der Waals surface area (Å²) in [6.45, 7) is 0. The average molecular weight is 359 g/mol. The number of nitrogen functional groups attached to an aromatic ring is 1. The van der Waals surface area contributed by atoms with E-state index in [1.807, 2.05) is 0 Å². The molecule has 0 atom stereocenters. The van der Waals surface area contributed by atoms with Gasteiger partial charge in [0.2, 0.25) is 0 Å². The van der Waals surface area contributed by atoms with Crippen molar-refractivity contribution in [1.82, 2.24) is 0 Å². The van der Waals surface area contributed by atoms with Crippen molar-refractivity contribution in [2.45, 2.75) is 6.18 Å². The lowest BCUT2D eigenvalue weighted by atomic mass is 10.1. The van der Waals surface area contributed by atoms with Crippen LogP contribution in [0.1, 0.15) is 15.9 Å². The summed E-state index contributed by atoms with van der Waals surface area (Å²) in [6, 6.07) is 9.33. The molecule has 1 amide bonds. The Hall–Kier alpha value is -2.02. The van der Waals surface area contributed by atoms with E-state index in [0.717, 1.165) is 22.7 Å². The number of benzene rings is 2. The number of carbonyl (C=O) groups is 1. The number of carbonyl (C=O) groups excluding carboxylic acids is 1. The molecule has 3 nitrogen and oxygen atoms in total. The van der Waals surface area contributed by atoms with E-state index in [-0.39, 0.29) is 11.4 Å². The molecule has 2 aromatic rings. The minimum Gasteiger partial charge on any atom is -0.397 e. The van der Waals surface area contributed by atoms with Crippen LogP contribution < -0.4 is 11.1 Å². The van der Waals surface area contributed by atoms with Gasteiger partial charge in [-0.25, -0.2) is 0 Å². The molecule has 3 N–H and O–H groups in total. The van der Waals surface area contributed by atoms with Crippen LogP contribution in [0, 0.1) is 0 Å². The standard InChI is InChI=1S/C14H10BrF3N2O/c15-10-4-1-8(2-5-10)13(21)20-12-6-3-9(7-11(12)19)14(16,17)18/h1-7H,19H2,(H,20,21). The number of nitrogens with two attached hydrogens (primary N) is 1. The Bertz CT molecular complexity index is 669. The SMILES string of the molecule is Nc1cc(C(F)(F)F)ccc1NC(=O)c1ccc(Br)cc1. The van der Waals surface area contributed by atoms with Crippen LogP contribution in [-0.4, -0.2) is 5.91 Å². The quantitative estimate of drug-likeness (QED) is 0.786. The van der Waals surface area contributed by atoms with Crippen LogP contribution in [0.3, 0.4) is 0 Å². The average Bonchev–Trinajstić information content (AvgIpc) is 2.40. The molecule has 0 saturated carbocycles. The molecule has 21 heavy (non-hydrogen) atoms. The summed E-state index contributed by atoms with van der Waals surface area (Å²) in [6.07, 6.45) is -4.47. The van der Waals surface area contributed by atoms with Crippen molar-refractivity contribution < 1.29 is 18.0 Å². The monoisotopic (exact) mass is 358 g/mol. The molecule has 0 aliphatic heterocycles. The minimum atomic E-state index is -4.47. The van der Waals surface area contributed by atoms with Gasteiger partial charge in [-0.15, -0.1) is 0 Å². The molecule has 0 aromatic heterocycles. The lowest BCUT2D eigenvalue weighted by Crippen LogP contribution is -2.14. The molecule has 0 fully saturated rings. The number of nitrogens with one attached hydrogen (secondary N) is 1. The summed E-state index contributed by atoms with van der Waals surface area (Å²) in [5.74, 6) is -0.450. The molecule has 0 spiro atoms. The molecule has 0 radical (unpaired) electrons. The lowest BCUT2D eigenvalue weighted by Gasteiger charge is -2.12. The van der Waals surface area contributed by atoms with E-state index in [9.17, 15) is 18.0 Å². The van der Waals surface area contributed by atoms with Gasteiger partial charge in [-0.05, 0) is 42.5 Å². The smallest absolute Gasteiger partial charge is 0.397 e. The maximum atomic E-state index is 12.5. The van der Waals surface area contributed by atoms with Gasteiger partial charge >= 0.3 is 6.18 Å². The van der Waals surface area contributed by atoms with Gasteiger partial charge in [-0.1, -0.05) is 15.9 Å². The molecule has 7 heteroatoms. The number of halogens is 4. The lowest BCUT2D eigenvalue weighted by molar-refractivity contribution is -0.137. The zero-order valence-corrected chi connectivity index (χ0v) is 12.1. The van der Waals surface area contributed by atoms with Crippen LogP contribution in [0.15, 0.2) is 46.9 Å². The predicted octanol–water partition coefficient (Wildman–Crippen LogP) is 4.30. The molecule has 2 rings (SSSR count). The molecular formula is C14H10BrF3N2O. The van der Waals surface area contributed by atoms with Crippen molar-refractivity contribution in [2.24, 2.45) is 0 Å². The van der Waals surface area contributed by atoms with Gasteiger partial charge in [0.05, 0.1) is 16.9 Å². The largest absolute Gasteiger partial charge is 0.416 e. The molecule has 0 aliphatic rings. The third-order valence-electron chi connectivity index (χ3n) is 2.73. The van der Waals surface area contributed by atoms with Crippen molar-refractivity contribution in [2.75, 3.05) is 11.1 Å². The maximum Gasteiger partial charge on any atom is 0.416 e. The molecule has 0 aliphatic carbocycles. The first-order chi connectivity index (χ1) is 9.77. The fraction of sp³-hybridized carbons (Fsp3) is 0.0714. The van der Waals surface area contributed by atoms with E-state index in [2.05, 4.69) is 21.2 Å². The fourth-order valence-electron chi connectivity index (χ4n) is 1.65. The van der Waals surface area contributed by atoms with Crippen molar-refractivity contribution >= 4 is 33.2 Å². The van der Waals surface area contributed by atoms with Crippen molar-refractivity contribution in [3.8, 4) is 0 Å². The Morgan fingerprint density at radius 1 is 1.10 bits per heavy atom. The van der Waals surface area contributed by atoms with Gasteiger partial charge in [-0.3, -0.25) is 4.79 Å². The van der Waals surface area contributed by atoms with E-state index in [1.165, 1.54) is 0 Å². The zero-order chi connectivity index (χ0) is 15.6. The van der Waals surface area contributed by atoms with Gasteiger partial charge in [0, 0.05) is 10.0 Å². The van der Waals surface area contributed by atoms with Gasteiger partial charge in [0.1, 0.15) is 0 Å². The Morgan fingerprint density at radius 3 is 2.24 bits per heavy atom. The first-order valence-corrected chi connectivity index (χ1v) is 6.60. The van der Waals surface area contributed by atoms with Gasteiger partial charge in [0.25, 0.3) is 5.91 Å². The predicted molar refractivity (Wildman–Crippen MR) is 78.0 cm³/mol. The second-order valence-corrected chi connectivity index (χ2v) is 5.18. The minimum absolute atomic E-state index is 0.135. The summed E-state index contributed by atoms with van der Waals surface area (Å²) in [5, 5.41) is 2.48. The topological polar surface area (TPSA) is 55.1 Å². The molecule has 2 aromatic carbocycles. The van der Waals surface area contributed by atoms with Crippen LogP contribution in [-0.2, 0) is 6.18 Å². The second kappa shape index (κ2) is 5.77. The van der Waals surface area contributed by atoms with Gasteiger partial charge < -0.3 is 11.1 Å². The highest BCUT2D eigenvalue weighted by atomic mass is 79.9. The Morgan fingerprint density at radius 2 is 1.71 bits per heavy atom. The van der Waals surface area contributed by atoms with Crippen molar-refractivity contribution in [3.63, 3.8) is 0 Å². The van der Waals surface area contributed by atoms with Crippen LogP contribution in [0.2, 0.25) is 0 Å². The highest BCUT2D eigenvalue weighted by Crippen LogP contribution is 2.32. The van der Waals surface area contributed by atoms with E-state index in [0.29, 0.717) is 5.56 Å². The van der Waals surface area contributed by atoms with Crippen LogP contribution >= 0.6 is 15.9 Å². The fourth-order valence-corrected chi connectivity index (χ4v) is 1.91. The molecule has 0 unspecified atom stereocenters. The third-order valence-corrected chi connectivity index (χ3v) is 3.26. The number of anilines is 2. The number of hydrogen-bond acceptors (Lipinski definition) is 2. The first kappa shape index (κ1) is 15.4. The van der Waals surface area contributed by atoms with E-state index in [4.69, 9.17) is 5.73 Å². The maximum absolute atomic E-state index is 12.5. The van der Waals surface area contributed by atoms with Crippen LogP contribution in [0.5, 0.6) is 0 Å². The number of alkyl halides is 3. The normalized spacial score (nSPS) is 11.2. The Kier molecular flexibility index (Phi) is 4.22. The highest BCUT2D eigenvalue weighted by molar-refractivity contribution is 9.10. The van der Waals surface area contributed by atoms with E-state index >= 15 is 0 Å². The summed E-state index contributed by atoms with van der Waals surface area (Å²) >= 11 is 3.24. The van der Waals surface area contributed by atoms with Crippen LogP contribution in [0.25, 0.3) is 0 Å². The molecule has 110 valence electrons. The number of hydrogen-bond donors (Lipinski definition) is 2. The number of rotatable bonds is 2. The van der Waals surface area contributed by atoms with Crippen molar-refractivity contribution in [3.05, 3.63) is 58.1 Å². The van der Waals surface area contributed by atoms with Crippen LogP contribution in [0.4, 0.5) is 24.5 Å². The van der Waals surface area contributed by atoms with Gasteiger partial charge in [0.15, 0.2) is 0 Å². The third kappa shape index (κ3) is 3.75. The summed E-state index contributed by atoms with van der Waals surface area (Å²) in [4.78, 5) is 12.0. The van der Waals surface area contributed by atoms with E-state index in [1.54, 1.807) is 24.3 Å². The molecule has 0 saturated heterocycles. The zero-order valence-electron chi connectivity index (χ0n) is 10.5. The number of amides is 1. The Labute approximate surface area is 127 Å². The second-order valence-electron chi connectivity index (χ2n) is 4.26. The molecule has 0 bridgehead atoms. The molecule has 0 heterocycles. The summed E-state index contributed by atoms with van der Waals surface area (Å²) in [7, 11) is 0. The van der Waals surface area contributed by atoms with Gasteiger partial charge in [-0.2, -0.15) is 13.2 Å². The first-order valence-electron chi connectivity index (χ1n) is 5.81.